The highest BCUT2D eigenvalue weighted by atomic mass is 16.5. The summed E-state index contributed by atoms with van der Waals surface area (Å²) in [6, 6.07) is 0. The smallest absolute Gasteiger partial charge is 0.162 e. The molecule has 0 saturated heterocycles. The van der Waals surface area contributed by atoms with Gasteiger partial charge in [-0.15, -0.1) is 0 Å². The molecule has 1 saturated carbocycles. The molecule has 2 heteroatoms. The van der Waals surface area contributed by atoms with Crippen molar-refractivity contribution in [3.05, 3.63) is 0 Å². The van der Waals surface area contributed by atoms with E-state index in [9.17, 15) is 4.79 Å². The van der Waals surface area contributed by atoms with Gasteiger partial charge in [-0.2, -0.15) is 0 Å². The maximum absolute atomic E-state index is 11.7. The molecular weight excluding hydrogens is 164 g/mol. The standard InChI is InChI=1S/C11H20O2/c1-4-13-7-10(12)11-8(2)5-6-9(11)3/h8-9,11H,4-7H2,1-3H3. The molecule has 0 amide bonds. The van der Waals surface area contributed by atoms with Crippen LogP contribution in [0, 0.1) is 17.8 Å². The number of carbonyl (C=O) groups is 1. The molecule has 0 aromatic rings. The Morgan fingerprint density at radius 2 is 1.85 bits per heavy atom. The number of rotatable bonds is 4. The third kappa shape index (κ3) is 2.53. The Balaban J connectivity index is 2.44. The van der Waals surface area contributed by atoms with E-state index in [2.05, 4.69) is 13.8 Å². The Hall–Kier alpha value is -0.370. The number of ether oxygens (including phenoxy) is 1. The van der Waals surface area contributed by atoms with Crippen molar-refractivity contribution < 1.29 is 9.53 Å². The minimum atomic E-state index is 0.256. The van der Waals surface area contributed by atoms with Crippen LogP contribution in [0.1, 0.15) is 33.6 Å². The molecule has 2 unspecified atom stereocenters. The first-order valence-electron chi connectivity index (χ1n) is 5.27. The van der Waals surface area contributed by atoms with Crippen molar-refractivity contribution in [3.8, 4) is 0 Å². The fourth-order valence-electron chi connectivity index (χ4n) is 2.38. The highest BCUT2D eigenvalue weighted by molar-refractivity contribution is 5.83. The zero-order chi connectivity index (χ0) is 9.84. The van der Waals surface area contributed by atoms with E-state index in [1.807, 2.05) is 6.92 Å². The predicted octanol–water partition coefficient (Wildman–Crippen LogP) is 2.27. The lowest BCUT2D eigenvalue weighted by Gasteiger charge is -2.17. The van der Waals surface area contributed by atoms with Gasteiger partial charge in [0.1, 0.15) is 6.61 Å². The second-order valence-electron chi connectivity index (χ2n) is 4.16. The van der Waals surface area contributed by atoms with E-state index >= 15 is 0 Å². The number of hydrogen-bond acceptors (Lipinski definition) is 2. The molecule has 2 atom stereocenters. The van der Waals surface area contributed by atoms with Gasteiger partial charge in [0, 0.05) is 12.5 Å². The summed E-state index contributed by atoms with van der Waals surface area (Å²) in [5, 5.41) is 0. The Bertz CT molecular complexity index is 167. The minimum Gasteiger partial charge on any atom is -0.374 e. The van der Waals surface area contributed by atoms with Gasteiger partial charge in [0.2, 0.25) is 0 Å². The van der Waals surface area contributed by atoms with Crippen LogP contribution in [0.4, 0.5) is 0 Å². The molecule has 0 aromatic heterocycles. The van der Waals surface area contributed by atoms with E-state index in [0.717, 1.165) is 0 Å². The zero-order valence-corrected chi connectivity index (χ0v) is 8.88. The van der Waals surface area contributed by atoms with E-state index in [-0.39, 0.29) is 5.92 Å². The third-order valence-electron chi connectivity index (χ3n) is 3.12. The molecule has 0 aromatic carbocycles. The highest BCUT2D eigenvalue weighted by Crippen LogP contribution is 2.36. The zero-order valence-electron chi connectivity index (χ0n) is 8.88. The summed E-state index contributed by atoms with van der Waals surface area (Å²) in [6.07, 6.45) is 2.40. The summed E-state index contributed by atoms with van der Waals surface area (Å²) in [6.45, 7) is 7.24. The lowest BCUT2D eigenvalue weighted by Crippen LogP contribution is -2.26. The van der Waals surface area contributed by atoms with E-state index < -0.39 is 0 Å². The fraction of sp³-hybridized carbons (Fsp3) is 0.909. The molecule has 1 aliphatic rings. The van der Waals surface area contributed by atoms with Crippen LogP contribution >= 0.6 is 0 Å². The Morgan fingerprint density at radius 1 is 1.31 bits per heavy atom. The van der Waals surface area contributed by atoms with Gasteiger partial charge < -0.3 is 4.74 Å². The minimum absolute atomic E-state index is 0.256. The van der Waals surface area contributed by atoms with Gasteiger partial charge in [0.25, 0.3) is 0 Å². The van der Waals surface area contributed by atoms with Crippen LogP contribution in [0.3, 0.4) is 0 Å². The molecule has 0 spiro atoms. The SMILES string of the molecule is CCOCC(=O)C1C(C)CCC1C. The van der Waals surface area contributed by atoms with Crippen LogP contribution in [-0.2, 0) is 9.53 Å². The molecule has 76 valence electrons. The van der Waals surface area contributed by atoms with Crippen molar-refractivity contribution in [1.82, 2.24) is 0 Å². The van der Waals surface area contributed by atoms with Crippen LogP contribution in [0.5, 0.6) is 0 Å². The van der Waals surface area contributed by atoms with Crippen molar-refractivity contribution in [1.29, 1.82) is 0 Å². The summed E-state index contributed by atoms with van der Waals surface area (Å²) in [5.74, 6) is 1.68. The number of Topliss-reactive ketones (excluding diaryl/α,β-unsaturated/α-hetero) is 1. The van der Waals surface area contributed by atoms with Gasteiger partial charge in [-0.1, -0.05) is 13.8 Å². The second kappa shape index (κ2) is 4.75. The fourth-order valence-corrected chi connectivity index (χ4v) is 2.38. The first kappa shape index (κ1) is 10.7. The van der Waals surface area contributed by atoms with Gasteiger partial charge in [0.05, 0.1) is 0 Å². The van der Waals surface area contributed by atoms with E-state index in [1.54, 1.807) is 0 Å². The van der Waals surface area contributed by atoms with Crippen molar-refractivity contribution in [2.45, 2.75) is 33.6 Å². The molecule has 0 heterocycles. The lowest BCUT2D eigenvalue weighted by molar-refractivity contribution is -0.129. The normalized spacial score (nSPS) is 33.6. The number of carbonyl (C=O) groups excluding carboxylic acids is 1. The van der Waals surface area contributed by atoms with Gasteiger partial charge in [-0.3, -0.25) is 4.79 Å². The quantitative estimate of drug-likeness (QED) is 0.670. The Morgan fingerprint density at radius 3 is 2.31 bits per heavy atom. The van der Waals surface area contributed by atoms with Gasteiger partial charge in [-0.05, 0) is 31.6 Å². The maximum Gasteiger partial charge on any atom is 0.162 e. The summed E-state index contributed by atoms with van der Waals surface area (Å²) in [7, 11) is 0. The molecule has 0 radical (unpaired) electrons. The summed E-state index contributed by atoms with van der Waals surface area (Å²) >= 11 is 0. The van der Waals surface area contributed by atoms with Crippen LogP contribution in [0.2, 0.25) is 0 Å². The van der Waals surface area contributed by atoms with Crippen molar-refractivity contribution >= 4 is 5.78 Å². The second-order valence-corrected chi connectivity index (χ2v) is 4.16. The molecule has 0 bridgehead atoms. The van der Waals surface area contributed by atoms with E-state index in [4.69, 9.17) is 4.74 Å². The van der Waals surface area contributed by atoms with Crippen molar-refractivity contribution in [3.63, 3.8) is 0 Å². The molecule has 1 aliphatic carbocycles. The maximum atomic E-state index is 11.7. The number of ketones is 1. The van der Waals surface area contributed by atoms with Crippen LogP contribution in [0.15, 0.2) is 0 Å². The number of hydrogen-bond donors (Lipinski definition) is 0. The van der Waals surface area contributed by atoms with Crippen LogP contribution in [0.25, 0.3) is 0 Å². The molecular formula is C11H20O2. The van der Waals surface area contributed by atoms with Gasteiger partial charge in [0.15, 0.2) is 5.78 Å². The Labute approximate surface area is 80.7 Å². The van der Waals surface area contributed by atoms with Gasteiger partial charge >= 0.3 is 0 Å². The predicted molar refractivity (Wildman–Crippen MR) is 52.6 cm³/mol. The molecule has 2 nitrogen and oxygen atoms in total. The molecule has 1 rings (SSSR count). The van der Waals surface area contributed by atoms with Crippen LogP contribution in [-0.4, -0.2) is 19.0 Å². The van der Waals surface area contributed by atoms with E-state index in [0.29, 0.717) is 30.8 Å². The molecule has 0 N–H and O–H groups in total. The Kier molecular flexibility index (Phi) is 3.91. The average molecular weight is 184 g/mol. The molecule has 13 heavy (non-hydrogen) atoms. The topological polar surface area (TPSA) is 26.3 Å². The summed E-state index contributed by atoms with van der Waals surface area (Å²) in [4.78, 5) is 11.7. The largest absolute Gasteiger partial charge is 0.374 e. The first-order chi connectivity index (χ1) is 6.16. The van der Waals surface area contributed by atoms with Crippen LogP contribution < -0.4 is 0 Å². The van der Waals surface area contributed by atoms with Crippen molar-refractivity contribution in [2.75, 3.05) is 13.2 Å². The molecule has 1 fully saturated rings. The van der Waals surface area contributed by atoms with E-state index in [1.165, 1.54) is 12.8 Å². The van der Waals surface area contributed by atoms with Crippen molar-refractivity contribution in [2.24, 2.45) is 17.8 Å². The monoisotopic (exact) mass is 184 g/mol. The molecule has 0 aliphatic heterocycles. The lowest BCUT2D eigenvalue weighted by atomic mass is 9.88. The first-order valence-corrected chi connectivity index (χ1v) is 5.27. The summed E-state index contributed by atoms with van der Waals surface area (Å²) < 4.78 is 5.15. The van der Waals surface area contributed by atoms with Gasteiger partial charge in [-0.25, -0.2) is 0 Å². The highest BCUT2D eigenvalue weighted by Gasteiger charge is 2.35. The third-order valence-corrected chi connectivity index (χ3v) is 3.12. The average Bonchev–Trinajstić information content (AvgIpc) is 2.42. The summed E-state index contributed by atoms with van der Waals surface area (Å²) in [5.41, 5.74) is 0.